The van der Waals surface area contributed by atoms with Gasteiger partial charge in [-0.2, -0.15) is 0 Å². The highest BCUT2D eigenvalue weighted by Gasteiger charge is 2.17. The molecule has 0 spiro atoms. The standard InChI is InChI=1S/C21H24ClN5/c22-18-6-4-9-20(16-18)26-14-12-25(13-15-26)11-5-10-21-24-23-17-27(21)19-7-2-1-3-8-19/h1-4,6-9,16-17H,5,10-15H2. The van der Waals surface area contributed by atoms with Crippen molar-refractivity contribution >= 4 is 17.3 Å². The Labute approximate surface area is 165 Å². The summed E-state index contributed by atoms with van der Waals surface area (Å²) in [5.74, 6) is 1.03. The summed E-state index contributed by atoms with van der Waals surface area (Å²) >= 11 is 6.12. The maximum Gasteiger partial charge on any atom is 0.137 e. The molecule has 4 rings (SSSR count). The monoisotopic (exact) mass is 381 g/mol. The van der Waals surface area contributed by atoms with E-state index < -0.39 is 0 Å². The van der Waals surface area contributed by atoms with Gasteiger partial charge in [-0.15, -0.1) is 10.2 Å². The molecule has 140 valence electrons. The molecular weight excluding hydrogens is 358 g/mol. The molecule has 1 aliphatic rings. The topological polar surface area (TPSA) is 37.2 Å². The minimum Gasteiger partial charge on any atom is -0.369 e. The number of hydrogen-bond donors (Lipinski definition) is 0. The average molecular weight is 382 g/mol. The highest BCUT2D eigenvalue weighted by Crippen LogP contribution is 2.21. The zero-order valence-electron chi connectivity index (χ0n) is 15.3. The Kier molecular flexibility index (Phi) is 5.70. The van der Waals surface area contributed by atoms with Crippen molar-refractivity contribution in [2.24, 2.45) is 0 Å². The minimum atomic E-state index is 0.803. The third kappa shape index (κ3) is 4.49. The summed E-state index contributed by atoms with van der Waals surface area (Å²) in [6.07, 6.45) is 3.82. The first-order valence-corrected chi connectivity index (χ1v) is 9.84. The first kappa shape index (κ1) is 18.0. The molecule has 3 aromatic rings. The molecule has 0 radical (unpaired) electrons. The molecule has 1 saturated heterocycles. The Hall–Kier alpha value is -2.37. The molecule has 0 unspecified atom stereocenters. The maximum atomic E-state index is 6.12. The molecule has 0 amide bonds. The number of para-hydroxylation sites is 1. The normalized spacial score (nSPS) is 15.2. The average Bonchev–Trinajstić information content (AvgIpc) is 3.18. The van der Waals surface area contributed by atoms with Gasteiger partial charge in [-0.3, -0.25) is 9.47 Å². The SMILES string of the molecule is Clc1cccc(N2CCN(CCCc3nncn3-c3ccccc3)CC2)c1. The van der Waals surface area contributed by atoms with Gasteiger partial charge < -0.3 is 4.90 Å². The van der Waals surface area contributed by atoms with Crippen LogP contribution in [-0.4, -0.2) is 52.4 Å². The summed E-state index contributed by atoms with van der Waals surface area (Å²) in [7, 11) is 0. The second-order valence-corrected chi connectivity index (χ2v) is 7.30. The summed E-state index contributed by atoms with van der Waals surface area (Å²) in [4.78, 5) is 4.94. The van der Waals surface area contributed by atoms with E-state index >= 15 is 0 Å². The third-order valence-electron chi connectivity index (χ3n) is 5.07. The van der Waals surface area contributed by atoms with Crippen LogP contribution in [0.4, 0.5) is 5.69 Å². The minimum absolute atomic E-state index is 0.803. The van der Waals surface area contributed by atoms with E-state index in [-0.39, 0.29) is 0 Å². The van der Waals surface area contributed by atoms with Gasteiger partial charge in [0.1, 0.15) is 12.2 Å². The van der Waals surface area contributed by atoms with Gasteiger partial charge in [0.05, 0.1) is 0 Å². The molecule has 2 aromatic carbocycles. The van der Waals surface area contributed by atoms with Crippen molar-refractivity contribution in [3.63, 3.8) is 0 Å². The first-order valence-electron chi connectivity index (χ1n) is 9.47. The van der Waals surface area contributed by atoms with E-state index in [4.69, 9.17) is 11.6 Å². The van der Waals surface area contributed by atoms with Crippen LogP contribution in [0.3, 0.4) is 0 Å². The van der Waals surface area contributed by atoms with Gasteiger partial charge in [0.2, 0.25) is 0 Å². The van der Waals surface area contributed by atoms with E-state index in [2.05, 4.69) is 42.8 Å². The Balaban J connectivity index is 1.26. The van der Waals surface area contributed by atoms with Gasteiger partial charge in [0, 0.05) is 49.0 Å². The molecule has 0 aliphatic carbocycles. The number of hydrogen-bond acceptors (Lipinski definition) is 4. The Morgan fingerprint density at radius 3 is 2.44 bits per heavy atom. The van der Waals surface area contributed by atoms with Gasteiger partial charge in [0.15, 0.2) is 0 Å². The molecule has 5 nitrogen and oxygen atoms in total. The predicted octanol–water partition coefficient (Wildman–Crippen LogP) is 3.68. The number of piperazine rings is 1. The van der Waals surface area contributed by atoms with E-state index in [9.17, 15) is 0 Å². The number of anilines is 1. The summed E-state index contributed by atoms with van der Waals surface area (Å²) in [5.41, 5.74) is 2.34. The van der Waals surface area contributed by atoms with Crippen molar-refractivity contribution in [1.29, 1.82) is 0 Å². The van der Waals surface area contributed by atoms with E-state index in [0.717, 1.165) is 62.1 Å². The Morgan fingerprint density at radius 1 is 0.889 bits per heavy atom. The molecule has 2 heterocycles. The van der Waals surface area contributed by atoms with Crippen LogP contribution >= 0.6 is 11.6 Å². The number of halogens is 1. The molecule has 27 heavy (non-hydrogen) atoms. The second-order valence-electron chi connectivity index (χ2n) is 6.86. The lowest BCUT2D eigenvalue weighted by atomic mass is 10.2. The van der Waals surface area contributed by atoms with E-state index in [1.807, 2.05) is 36.4 Å². The molecule has 0 atom stereocenters. The molecule has 0 N–H and O–H groups in total. The van der Waals surface area contributed by atoms with Crippen LogP contribution in [-0.2, 0) is 6.42 Å². The molecule has 0 bridgehead atoms. The number of rotatable bonds is 6. The Morgan fingerprint density at radius 2 is 1.67 bits per heavy atom. The van der Waals surface area contributed by atoms with E-state index in [1.165, 1.54) is 5.69 Å². The maximum absolute atomic E-state index is 6.12. The van der Waals surface area contributed by atoms with Crippen LogP contribution in [0.2, 0.25) is 5.02 Å². The van der Waals surface area contributed by atoms with Crippen molar-refractivity contribution < 1.29 is 0 Å². The van der Waals surface area contributed by atoms with Gasteiger partial charge >= 0.3 is 0 Å². The zero-order valence-corrected chi connectivity index (χ0v) is 16.1. The van der Waals surface area contributed by atoms with Crippen LogP contribution < -0.4 is 4.90 Å². The number of aryl methyl sites for hydroxylation is 1. The van der Waals surface area contributed by atoms with E-state index in [1.54, 1.807) is 6.33 Å². The predicted molar refractivity (Wildman–Crippen MR) is 110 cm³/mol. The van der Waals surface area contributed by atoms with Crippen molar-refractivity contribution in [1.82, 2.24) is 19.7 Å². The molecule has 1 fully saturated rings. The largest absolute Gasteiger partial charge is 0.369 e. The first-order chi connectivity index (χ1) is 13.3. The summed E-state index contributed by atoms with van der Waals surface area (Å²) in [6.45, 7) is 5.34. The van der Waals surface area contributed by atoms with Crippen LogP contribution in [0.1, 0.15) is 12.2 Å². The molecule has 1 aromatic heterocycles. The second kappa shape index (κ2) is 8.55. The Bertz CT molecular complexity index is 856. The number of benzene rings is 2. The number of nitrogens with zero attached hydrogens (tertiary/aromatic N) is 5. The quantitative estimate of drug-likeness (QED) is 0.652. The lowest BCUT2D eigenvalue weighted by Crippen LogP contribution is -2.46. The van der Waals surface area contributed by atoms with Crippen LogP contribution in [0.25, 0.3) is 5.69 Å². The lowest BCUT2D eigenvalue weighted by Gasteiger charge is -2.36. The van der Waals surface area contributed by atoms with Crippen LogP contribution in [0, 0.1) is 0 Å². The highest BCUT2D eigenvalue weighted by atomic mass is 35.5. The summed E-state index contributed by atoms with van der Waals surface area (Å²) in [6, 6.07) is 18.4. The highest BCUT2D eigenvalue weighted by molar-refractivity contribution is 6.30. The van der Waals surface area contributed by atoms with Crippen LogP contribution in [0.5, 0.6) is 0 Å². The zero-order chi connectivity index (χ0) is 18.5. The van der Waals surface area contributed by atoms with Crippen molar-refractivity contribution in [2.45, 2.75) is 12.8 Å². The van der Waals surface area contributed by atoms with Crippen LogP contribution in [0.15, 0.2) is 60.9 Å². The van der Waals surface area contributed by atoms with Gasteiger partial charge in [-0.25, -0.2) is 0 Å². The van der Waals surface area contributed by atoms with Crippen molar-refractivity contribution in [2.75, 3.05) is 37.6 Å². The molecule has 1 aliphatic heterocycles. The number of aromatic nitrogens is 3. The third-order valence-corrected chi connectivity index (χ3v) is 5.31. The van der Waals surface area contributed by atoms with Gasteiger partial charge in [-0.1, -0.05) is 35.9 Å². The molecule has 0 saturated carbocycles. The fourth-order valence-corrected chi connectivity index (χ4v) is 3.78. The smallest absolute Gasteiger partial charge is 0.137 e. The van der Waals surface area contributed by atoms with Gasteiger partial charge in [0.25, 0.3) is 0 Å². The fraction of sp³-hybridized carbons (Fsp3) is 0.333. The van der Waals surface area contributed by atoms with E-state index in [0.29, 0.717) is 0 Å². The van der Waals surface area contributed by atoms with Crippen molar-refractivity contribution in [3.05, 3.63) is 71.8 Å². The summed E-state index contributed by atoms with van der Waals surface area (Å²) < 4.78 is 2.08. The molecule has 6 heteroatoms. The fourth-order valence-electron chi connectivity index (χ4n) is 3.60. The molecular formula is C21H24ClN5. The van der Waals surface area contributed by atoms with Gasteiger partial charge in [-0.05, 0) is 43.3 Å². The van der Waals surface area contributed by atoms with Crippen molar-refractivity contribution in [3.8, 4) is 5.69 Å². The lowest BCUT2D eigenvalue weighted by molar-refractivity contribution is 0.254. The summed E-state index contributed by atoms with van der Waals surface area (Å²) in [5, 5.41) is 9.21.